The summed E-state index contributed by atoms with van der Waals surface area (Å²) < 4.78 is 6.93. The molecule has 4 rings (SSSR count). The molecule has 1 N–H and O–H groups in total. The molecule has 1 amide bonds. The minimum absolute atomic E-state index is 0.129. The highest BCUT2D eigenvalue weighted by Gasteiger charge is 2.15. The molecule has 28 heavy (non-hydrogen) atoms. The highest BCUT2D eigenvalue weighted by atomic mass is 32.2. The molecule has 0 aliphatic carbocycles. The Morgan fingerprint density at radius 1 is 1.07 bits per heavy atom. The summed E-state index contributed by atoms with van der Waals surface area (Å²) in [6.45, 7) is 0. The van der Waals surface area contributed by atoms with Crippen molar-refractivity contribution in [3.8, 4) is 11.4 Å². The average molecular weight is 391 g/mol. The third-order valence-corrected chi connectivity index (χ3v) is 5.07. The van der Waals surface area contributed by atoms with E-state index in [1.807, 2.05) is 66.7 Å². The number of thioether (sulfide) groups is 1. The van der Waals surface area contributed by atoms with Gasteiger partial charge in [0, 0.05) is 11.1 Å². The quantitative estimate of drug-likeness (QED) is 0.506. The number of ether oxygens (including phenoxy) is 1. The SMILES string of the molecule is COc1ccccc1-n1nnnc1SCC(=O)Nc1cccc2ccccc12. The summed E-state index contributed by atoms with van der Waals surface area (Å²) in [6.07, 6.45) is 0. The normalized spacial score (nSPS) is 10.8. The van der Waals surface area contributed by atoms with Gasteiger partial charge in [0.05, 0.1) is 12.9 Å². The third-order valence-electron chi connectivity index (χ3n) is 4.15. The van der Waals surface area contributed by atoms with Gasteiger partial charge in [-0.25, -0.2) is 0 Å². The Hall–Kier alpha value is -3.39. The summed E-state index contributed by atoms with van der Waals surface area (Å²) in [7, 11) is 1.59. The van der Waals surface area contributed by atoms with E-state index in [2.05, 4.69) is 20.8 Å². The number of tetrazole rings is 1. The third kappa shape index (κ3) is 3.67. The molecular formula is C20H17N5O2S. The summed E-state index contributed by atoms with van der Waals surface area (Å²) in [5.41, 5.74) is 1.50. The lowest BCUT2D eigenvalue weighted by molar-refractivity contribution is -0.113. The number of methoxy groups -OCH3 is 1. The van der Waals surface area contributed by atoms with Gasteiger partial charge in [0.15, 0.2) is 0 Å². The lowest BCUT2D eigenvalue weighted by atomic mass is 10.1. The van der Waals surface area contributed by atoms with Crippen molar-refractivity contribution in [2.24, 2.45) is 0 Å². The number of benzene rings is 3. The maximum absolute atomic E-state index is 12.5. The number of anilines is 1. The van der Waals surface area contributed by atoms with E-state index in [9.17, 15) is 4.79 Å². The van der Waals surface area contributed by atoms with Crippen LogP contribution < -0.4 is 10.1 Å². The topological polar surface area (TPSA) is 81.9 Å². The summed E-state index contributed by atoms with van der Waals surface area (Å²) in [6, 6.07) is 21.2. The number of aromatic nitrogens is 4. The molecule has 0 aliphatic rings. The maximum atomic E-state index is 12.5. The van der Waals surface area contributed by atoms with Crippen LogP contribution in [0.15, 0.2) is 71.9 Å². The molecule has 0 radical (unpaired) electrons. The van der Waals surface area contributed by atoms with Gasteiger partial charge < -0.3 is 10.1 Å². The average Bonchev–Trinajstić information content (AvgIpc) is 3.21. The molecule has 1 heterocycles. The number of amides is 1. The number of rotatable bonds is 6. The van der Waals surface area contributed by atoms with Gasteiger partial charge in [-0.15, -0.1) is 5.10 Å². The predicted octanol–water partition coefficient (Wildman–Crippen LogP) is 3.55. The number of carbonyl (C=O) groups excluding carboxylic acids is 1. The molecule has 0 saturated carbocycles. The summed E-state index contributed by atoms with van der Waals surface area (Å²) >= 11 is 1.26. The zero-order chi connectivity index (χ0) is 19.3. The van der Waals surface area contributed by atoms with Crippen molar-refractivity contribution in [3.63, 3.8) is 0 Å². The van der Waals surface area contributed by atoms with E-state index in [-0.39, 0.29) is 11.7 Å². The fourth-order valence-corrected chi connectivity index (χ4v) is 3.56. The fourth-order valence-electron chi connectivity index (χ4n) is 2.88. The first-order valence-electron chi connectivity index (χ1n) is 8.58. The Balaban J connectivity index is 1.48. The van der Waals surface area contributed by atoms with Gasteiger partial charge in [0.2, 0.25) is 11.1 Å². The van der Waals surface area contributed by atoms with Crippen molar-refractivity contribution in [1.29, 1.82) is 0 Å². The Bertz CT molecular complexity index is 1120. The zero-order valence-electron chi connectivity index (χ0n) is 15.1. The van der Waals surface area contributed by atoms with E-state index >= 15 is 0 Å². The Morgan fingerprint density at radius 3 is 2.75 bits per heavy atom. The van der Waals surface area contributed by atoms with Crippen molar-refractivity contribution in [1.82, 2.24) is 20.2 Å². The van der Waals surface area contributed by atoms with Gasteiger partial charge in [-0.05, 0) is 34.0 Å². The minimum atomic E-state index is -0.129. The second kappa shape index (κ2) is 8.10. The van der Waals surface area contributed by atoms with Crippen LogP contribution in [-0.2, 0) is 4.79 Å². The van der Waals surface area contributed by atoms with Crippen LogP contribution in [0.4, 0.5) is 5.69 Å². The van der Waals surface area contributed by atoms with E-state index in [1.54, 1.807) is 11.8 Å². The second-order valence-corrected chi connectivity index (χ2v) is 6.85. The number of fused-ring (bicyclic) bond motifs is 1. The van der Waals surface area contributed by atoms with Gasteiger partial charge in [-0.2, -0.15) is 4.68 Å². The lowest BCUT2D eigenvalue weighted by Gasteiger charge is -2.10. The number of hydrogen-bond donors (Lipinski definition) is 1. The maximum Gasteiger partial charge on any atom is 0.234 e. The van der Waals surface area contributed by atoms with Crippen molar-refractivity contribution < 1.29 is 9.53 Å². The number of nitrogens with zero attached hydrogens (tertiary/aromatic N) is 4. The number of para-hydroxylation sites is 2. The second-order valence-electron chi connectivity index (χ2n) is 5.91. The molecule has 4 aromatic rings. The molecule has 8 heteroatoms. The molecule has 0 aliphatic heterocycles. The molecule has 0 atom stereocenters. The number of nitrogens with one attached hydrogen (secondary N) is 1. The van der Waals surface area contributed by atoms with Crippen LogP contribution in [0.5, 0.6) is 5.75 Å². The van der Waals surface area contributed by atoms with E-state index < -0.39 is 0 Å². The van der Waals surface area contributed by atoms with E-state index in [4.69, 9.17) is 4.74 Å². The van der Waals surface area contributed by atoms with Crippen LogP contribution in [-0.4, -0.2) is 39.0 Å². The molecule has 0 bridgehead atoms. The summed E-state index contributed by atoms with van der Waals surface area (Å²) in [4.78, 5) is 12.5. The molecule has 0 spiro atoms. The molecule has 0 unspecified atom stereocenters. The highest BCUT2D eigenvalue weighted by molar-refractivity contribution is 7.99. The lowest BCUT2D eigenvalue weighted by Crippen LogP contribution is -2.15. The van der Waals surface area contributed by atoms with Crippen LogP contribution in [0.25, 0.3) is 16.5 Å². The van der Waals surface area contributed by atoms with Crippen molar-refractivity contribution in [3.05, 3.63) is 66.7 Å². The van der Waals surface area contributed by atoms with E-state index in [0.29, 0.717) is 16.6 Å². The molecule has 1 aromatic heterocycles. The first-order valence-corrected chi connectivity index (χ1v) is 9.57. The fraction of sp³-hybridized carbons (Fsp3) is 0.100. The molecule has 3 aromatic carbocycles. The largest absolute Gasteiger partial charge is 0.494 e. The molecule has 7 nitrogen and oxygen atoms in total. The van der Waals surface area contributed by atoms with Gasteiger partial charge in [0.1, 0.15) is 11.4 Å². The van der Waals surface area contributed by atoms with Crippen LogP contribution in [0, 0.1) is 0 Å². The van der Waals surface area contributed by atoms with Crippen molar-refractivity contribution >= 4 is 34.1 Å². The Morgan fingerprint density at radius 2 is 1.86 bits per heavy atom. The first-order chi connectivity index (χ1) is 13.8. The zero-order valence-corrected chi connectivity index (χ0v) is 15.9. The monoisotopic (exact) mass is 391 g/mol. The molecule has 140 valence electrons. The van der Waals surface area contributed by atoms with Crippen LogP contribution in [0.2, 0.25) is 0 Å². The van der Waals surface area contributed by atoms with Gasteiger partial charge in [-0.3, -0.25) is 4.79 Å². The smallest absolute Gasteiger partial charge is 0.234 e. The van der Waals surface area contributed by atoms with Crippen LogP contribution >= 0.6 is 11.8 Å². The standard InChI is InChI=1S/C20H17N5O2S/c1-27-18-12-5-4-11-17(18)25-20(22-23-24-25)28-13-19(26)21-16-10-6-8-14-7-2-3-9-15(14)16/h2-12H,13H2,1H3,(H,21,26). The summed E-state index contributed by atoms with van der Waals surface area (Å²) in [5, 5.41) is 17.3. The van der Waals surface area contributed by atoms with Gasteiger partial charge >= 0.3 is 0 Å². The van der Waals surface area contributed by atoms with Gasteiger partial charge in [0.25, 0.3) is 0 Å². The predicted molar refractivity (Wildman–Crippen MR) is 109 cm³/mol. The van der Waals surface area contributed by atoms with Crippen molar-refractivity contribution in [2.75, 3.05) is 18.2 Å². The Kier molecular flexibility index (Phi) is 5.20. The van der Waals surface area contributed by atoms with Crippen molar-refractivity contribution in [2.45, 2.75) is 5.16 Å². The van der Waals surface area contributed by atoms with E-state index in [1.165, 1.54) is 11.8 Å². The number of hydrogen-bond acceptors (Lipinski definition) is 6. The molecule has 0 fully saturated rings. The molecular weight excluding hydrogens is 374 g/mol. The Labute approximate surface area is 165 Å². The number of carbonyl (C=O) groups is 1. The first kappa shape index (κ1) is 18.0. The van der Waals surface area contributed by atoms with Crippen LogP contribution in [0.1, 0.15) is 0 Å². The van der Waals surface area contributed by atoms with Crippen LogP contribution in [0.3, 0.4) is 0 Å². The van der Waals surface area contributed by atoms with E-state index in [0.717, 1.165) is 16.5 Å². The highest BCUT2D eigenvalue weighted by Crippen LogP contribution is 2.26. The molecule has 0 saturated heterocycles. The van der Waals surface area contributed by atoms with Gasteiger partial charge in [-0.1, -0.05) is 60.3 Å². The summed E-state index contributed by atoms with van der Waals surface area (Å²) in [5.74, 6) is 0.700. The minimum Gasteiger partial charge on any atom is -0.494 e.